The predicted molar refractivity (Wildman–Crippen MR) is 90.5 cm³/mol. The van der Waals surface area contributed by atoms with Gasteiger partial charge in [0.15, 0.2) is 11.9 Å². The molecule has 0 radical (unpaired) electrons. The van der Waals surface area contributed by atoms with Crippen molar-refractivity contribution in [2.75, 3.05) is 40.0 Å². The number of hydrogen-bond acceptors (Lipinski definition) is 6. The van der Waals surface area contributed by atoms with Crippen LogP contribution in [0.15, 0.2) is 28.0 Å². The average molecular weight is 376 g/mol. The molecule has 8 nitrogen and oxygen atoms in total. The highest BCUT2D eigenvalue weighted by Crippen LogP contribution is 2.13. The van der Waals surface area contributed by atoms with E-state index in [2.05, 4.69) is 0 Å². The number of hydrogen-bond donors (Lipinski definition) is 1. The summed E-state index contributed by atoms with van der Waals surface area (Å²) < 4.78 is 31.7. The van der Waals surface area contributed by atoms with Crippen LogP contribution in [0.2, 0.25) is 0 Å². The molecule has 0 saturated carbocycles. The van der Waals surface area contributed by atoms with E-state index in [1.54, 1.807) is 11.8 Å². The molecule has 1 N–H and O–H groups in total. The number of rotatable bonds is 5. The standard InChI is InChI=1S/C14H21N3O5S2/c1-15(2)24(20,21)11-4-5-13(18)17(8-11)10-16-6-7-23-12(9-16)14(19)22-3/h4-5,8,12H,6-7,9-10H2,1-3H3/p+1/t12-/m0/s1. The summed E-state index contributed by atoms with van der Waals surface area (Å²) >= 11 is 1.54. The van der Waals surface area contributed by atoms with Crippen LogP contribution in [0.4, 0.5) is 0 Å². The van der Waals surface area contributed by atoms with E-state index in [0.717, 1.165) is 21.5 Å². The summed E-state index contributed by atoms with van der Waals surface area (Å²) in [5.41, 5.74) is -0.270. The van der Waals surface area contributed by atoms with Crippen molar-refractivity contribution in [1.29, 1.82) is 0 Å². The predicted octanol–water partition coefficient (Wildman–Crippen LogP) is -1.77. The Bertz CT molecular complexity index is 760. The maximum absolute atomic E-state index is 12.2. The van der Waals surface area contributed by atoms with Gasteiger partial charge in [0, 0.05) is 32.1 Å². The molecular formula is C14H22N3O5S2+. The Morgan fingerprint density at radius 1 is 1.46 bits per heavy atom. The number of aromatic nitrogens is 1. The fraction of sp³-hybridized carbons (Fsp3) is 0.571. The van der Waals surface area contributed by atoms with Crippen LogP contribution < -0.4 is 10.5 Å². The molecule has 1 aromatic rings. The Labute approximate surface area is 145 Å². The van der Waals surface area contributed by atoms with Gasteiger partial charge in [-0.2, -0.15) is 0 Å². The van der Waals surface area contributed by atoms with Crippen LogP contribution in [-0.4, -0.2) is 68.6 Å². The van der Waals surface area contributed by atoms with Crippen LogP contribution in [0.3, 0.4) is 0 Å². The molecule has 1 unspecified atom stereocenters. The zero-order chi connectivity index (χ0) is 17.9. The lowest BCUT2D eigenvalue weighted by atomic mass is 10.3. The van der Waals surface area contributed by atoms with E-state index in [1.165, 1.54) is 44.1 Å². The first-order chi connectivity index (χ1) is 11.3. The number of pyridine rings is 1. The molecule has 2 atom stereocenters. The molecule has 0 aromatic carbocycles. The van der Waals surface area contributed by atoms with Crippen LogP contribution in [0.1, 0.15) is 0 Å². The van der Waals surface area contributed by atoms with Gasteiger partial charge in [-0.15, -0.1) is 11.8 Å². The molecule has 1 saturated heterocycles. The maximum Gasteiger partial charge on any atom is 0.324 e. The molecule has 2 rings (SSSR count). The van der Waals surface area contributed by atoms with Crippen molar-refractivity contribution < 1.29 is 22.8 Å². The molecular weight excluding hydrogens is 354 g/mol. The third kappa shape index (κ3) is 4.18. The first-order valence-corrected chi connectivity index (χ1v) is 9.90. The number of thioether (sulfide) groups is 1. The summed E-state index contributed by atoms with van der Waals surface area (Å²) in [6.45, 7) is 1.63. The molecule has 1 aliphatic rings. The van der Waals surface area contributed by atoms with Crippen molar-refractivity contribution in [3.05, 3.63) is 28.7 Å². The molecule has 0 amide bonds. The van der Waals surface area contributed by atoms with E-state index < -0.39 is 10.0 Å². The summed E-state index contributed by atoms with van der Waals surface area (Å²) in [4.78, 5) is 24.8. The van der Waals surface area contributed by atoms with Crippen LogP contribution in [0.25, 0.3) is 0 Å². The van der Waals surface area contributed by atoms with Crippen molar-refractivity contribution in [3.8, 4) is 0 Å². The Morgan fingerprint density at radius 2 is 2.17 bits per heavy atom. The maximum atomic E-state index is 12.2. The minimum absolute atomic E-state index is 0.0717. The molecule has 2 heterocycles. The summed E-state index contributed by atoms with van der Waals surface area (Å²) in [6.07, 6.45) is 1.36. The van der Waals surface area contributed by atoms with Crippen molar-refractivity contribution >= 4 is 27.8 Å². The van der Waals surface area contributed by atoms with E-state index in [0.29, 0.717) is 13.2 Å². The van der Waals surface area contributed by atoms with E-state index >= 15 is 0 Å². The van der Waals surface area contributed by atoms with Crippen molar-refractivity contribution in [3.63, 3.8) is 0 Å². The smallest absolute Gasteiger partial charge is 0.324 e. The van der Waals surface area contributed by atoms with Gasteiger partial charge in [0.25, 0.3) is 5.56 Å². The number of sulfonamides is 1. The second-order valence-electron chi connectivity index (χ2n) is 5.71. The normalized spacial score (nSPS) is 21.7. The number of nitrogens with zero attached hydrogens (tertiary/aromatic N) is 2. The molecule has 24 heavy (non-hydrogen) atoms. The lowest BCUT2D eigenvalue weighted by molar-refractivity contribution is -0.920. The van der Waals surface area contributed by atoms with Gasteiger partial charge in [-0.1, -0.05) is 0 Å². The quantitative estimate of drug-likeness (QED) is 0.612. The van der Waals surface area contributed by atoms with Crippen LogP contribution in [0.5, 0.6) is 0 Å². The minimum Gasteiger partial charge on any atom is -0.468 e. The van der Waals surface area contributed by atoms with E-state index in [-0.39, 0.29) is 21.7 Å². The third-order valence-electron chi connectivity index (χ3n) is 3.84. The van der Waals surface area contributed by atoms with Crippen LogP contribution in [-0.2, 0) is 26.2 Å². The highest BCUT2D eigenvalue weighted by atomic mass is 32.2. The molecule has 0 aliphatic carbocycles. The van der Waals surface area contributed by atoms with Crippen molar-refractivity contribution in [2.24, 2.45) is 0 Å². The number of methoxy groups -OCH3 is 1. The molecule has 10 heteroatoms. The summed E-state index contributed by atoms with van der Waals surface area (Å²) in [5.74, 6) is 0.507. The van der Waals surface area contributed by atoms with Crippen molar-refractivity contribution in [1.82, 2.24) is 8.87 Å². The molecule has 134 valence electrons. The zero-order valence-corrected chi connectivity index (χ0v) is 15.5. The molecule has 1 aliphatic heterocycles. The minimum atomic E-state index is -3.60. The van der Waals surface area contributed by atoms with Crippen molar-refractivity contribution in [2.45, 2.75) is 16.8 Å². The van der Waals surface area contributed by atoms with E-state index in [1.807, 2.05) is 0 Å². The molecule has 1 fully saturated rings. The van der Waals surface area contributed by atoms with Gasteiger partial charge in [-0.25, -0.2) is 12.7 Å². The monoisotopic (exact) mass is 376 g/mol. The number of ether oxygens (including phenoxy) is 1. The first-order valence-electron chi connectivity index (χ1n) is 7.41. The van der Waals surface area contributed by atoms with Gasteiger partial charge in [0.1, 0.15) is 6.54 Å². The highest BCUT2D eigenvalue weighted by Gasteiger charge is 2.30. The SMILES string of the molecule is COC(=O)[C@@H]1C[NH+](Cn2cc(S(=O)(=O)N(C)C)ccc2=O)CCS1. The zero-order valence-electron chi connectivity index (χ0n) is 13.9. The molecule has 0 bridgehead atoms. The lowest BCUT2D eigenvalue weighted by Crippen LogP contribution is -3.14. The topological polar surface area (TPSA) is 90.1 Å². The van der Waals surface area contributed by atoms with Gasteiger partial charge in [0.05, 0.1) is 18.6 Å². The average Bonchev–Trinajstić information content (AvgIpc) is 2.56. The van der Waals surface area contributed by atoms with Gasteiger partial charge >= 0.3 is 5.97 Å². The Morgan fingerprint density at radius 3 is 2.79 bits per heavy atom. The molecule has 0 spiro atoms. The van der Waals surface area contributed by atoms with E-state index in [4.69, 9.17) is 4.74 Å². The fourth-order valence-corrected chi connectivity index (χ4v) is 4.63. The highest BCUT2D eigenvalue weighted by molar-refractivity contribution is 8.00. The number of esters is 1. The number of carbonyl (C=O) groups excluding carboxylic acids is 1. The van der Waals surface area contributed by atoms with Gasteiger partial charge < -0.3 is 9.64 Å². The summed E-state index contributed by atoms with van der Waals surface area (Å²) in [7, 11) is 0.646. The van der Waals surface area contributed by atoms with Gasteiger partial charge in [-0.3, -0.25) is 14.2 Å². The third-order valence-corrected chi connectivity index (χ3v) is 6.84. The number of carbonyl (C=O) groups is 1. The second kappa shape index (κ2) is 7.68. The largest absolute Gasteiger partial charge is 0.468 e. The number of quaternary nitrogens is 1. The summed E-state index contributed by atoms with van der Waals surface area (Å²) in [6, 6.07) is 2.57. The summed E-state index contributed by atoms with van der Waals surface area (Å²) in [5, 5.41) is -0.261. The lowest BCUT2D eigenvalue weighted by Gasteiger charge is -2.28. The first kappa shape index (κ1) is 19.0. The number of nitrogens with one attached hydrogen (secondary N) is 1. The van der Waals surface area contributed by atoms with Crippen LogP contribution in [0, 0.1) is 0 Å². The Balaban J connectivity index is 2.21. The Hall–Kier alpha value is -1.36. The van der Waals surface area contributed by atoms with Crippen LogP contribution >= 0.6 is 11.8 Å². The second-order valence-corrected chi connectivity index (χ2v) is 9.17. The van der Waals surface area contributed by atoms with E-state index in [9.17, 15) is 18.0 Å². The Kier molecular flexibility index (Phi) is 6.07. The van der Waals surface area contributed by atoms with Gasteiger partial charge in [-0.05, 0) is 6.07 Å². The fourth-order valence-electron chi connectivity index (χ4n) is 2.43. The van der Waals surface area contributed by atoms with Gasteiger partial charge in [0.2, 0.25) is 10.0 Å². The molecule has 1 aromatic heterocycles.